The number of benzene rings is 2. The number of nitrogens with zero attached hydrogens (tertiary/aromatic N) is 3. The number of hydrogen-bond donors (Lipinski definition) is 0. The van der Waals surface area contributed by atoms with Crippen molar-refractivity contribution in [3.8, 4) is 5.75 Å². The van der Waals surface area contributed by atoms with Crippen LogP contribution in [-0.2, 0) is 6.54 Å². The third-order valence-electron chi connectivity index (χ3n) is 6.35. The van der Waals surface area contributed by atoms with Crippen LogP contribution in [0.25, 0.3) is 16.3 Å². The van der Waals surface area contributed by atoms with Crippen molar-refractivity contribution in [1.82, 2.24) is 14.4 Å². The zero-order chi connectivity index (χ0) is 23.3. The predicted octanol–water partition coefficient (Wildman–Crippen LogP) is 5.23. The molecule has 0 atom stereocenters. The second-order valence-corrected chi connectivity index (χ2v) is 9.45. The molecule has 1 aliphatic rings. The molecule has 1 saturated heterocycles. The molecule has 1 amide bonds. The maximum Gasteiger partial charge on any atom is 0.270 e. The Hall–Kier alpha value is -3.35. The van der Waals surface area contributed by atoms with Crippen LogP contribution in [0.5, 0.6) is 5.75 Å². The highest BCUT2D eigenvalue weighted by Gasteiger charge is 2.25. The van der Waals surface area contributed by atoms with Gasteiger partial charge in [-0.1, -0.05) is 54.6 Å². The van der Waals surface area contributed by atoms with E-state index in [1.54, 1.807) is 18.4 Å². The summed E-state index contributed by atoms with van der Waals surface area (Å²) in [6.45, 7) is 4.84. The lowest BCUT2D eigenvalue weighted by molar-refractivity contribution is 0.0640. The molecule has 2 aromatic carbocycles. The number of rotatable bonds is 7. The van der Waals surface area contributed by atoms with E-state index in [2.05, 4.69) is 69.5 Å². The minimum absolute atomic E-state index is 0.122. The monoisotopic (exact) mass is 471 g/mol. The van der Waals surface area contributed by atoms with Crippen molar-refractivity contribution in [1.29, 1.82) is 0 Å². The predicted molar refractivity (Wildman–Crippen MR) is 140 cm³/mol. The fourth-order valence-corrected chi connectivity index (χ4v) is 5.32. The minimum atomic E-state index is 0.122. The third kappa shape index (κ3) is 4.93. The fourth-order valence-electron chi connectivity index (χ4n) is 4.42. The Labute approximate surface area is 204 Å². The lowest BCUT2D eigenvalue weighted by Gasteiger charge is -2.34. The van der Waals surface area contributed by atoms with Crippen LogP contribution in [0.4, 0.5) is 0 Å². The van der Waals surface area contributed by atoms with Crippen molar-refractivity contribution in [2.45, 2.75) is 6.54 Å². The van der Waals surface area contributed by atoms with Crippen LogP contribution in [0.15, 0.2) is 78.2 Å². The smallest absolute Gasteiger partial charge is 0.270 e. The summed E-state index contributed by atoms with van der Waals surface area (Å²) in [5.41, 5.74) is 3.14. The molecule has 0 N–H and O–H groups in total. The van der Waals surface area contributed by atoms with E-state index in [1.807, 2.05) is 29.2 Å². The molecule has 1 fully saturated rings. The van der Waals surface area contributed by atoms with Crippen LogP contribution in [0.3, 0.4) is 0 Å². The summed E-state index contributed by atoms with van der Waals surface area (Å²) in [6.07, 6.45) is 4.37. The number of fused-ring (bicyclic) bond motifs is 1. The van der Waals surface area contributed by atoms with Crippen molar-refractivity contribution in [3.05, 3.63) is 95.0 Å². The van der Waals surface area contributed by atoms with Gasteiger partial charge in [-0.2, -0.15) is 0 Å². The fraction of sp³-hybridized carbons (Fsp3) is 0.250. The summed E-state index contributed by atoms with van der Waals surface area (Å²) in [5, 5.41) is 3.22. The standard InChI is InChI=1S/C28H29N3O2S/c1-33-25-11-9-23(10-12-25)21-31-26(20-24-13-19-34-28(24)31)27(32)30-17-15-29(16-18-30)14-5-8-22-6-3-2-4-7-22/h2-13,19-20H,14-18,21H2,1H3/b8-5+. The van der Waals surface area contributed by atoms with E-state index in [9.17, 15) is 4.79 Å². The zero-order valence-corrected chi connectivity index (χ0v) is 20.2. The molecule has 0 saturated carbocycles. The van der Waals surface area contributed by atoms with Gasteiger partial charge in [0.2, 0.25) is 0 Å². The molecule has 2 aromatic heterocycles. The Bertz CT molecular complexity index is 1270. The molecule has 174 valence electrons. The largest absolute Gasteiger partial charge is 0.497 e. The highest BCUT2D eigenvalue weighted by atomic mass is 32.1. The normalized spacial score (nSPS) is 14.8. The number of piperazine rings is 1. The van der Waals surface area contributed by atoms with Crippen molar-refractivity contribution in [2.24, 2.45) is 0 Å². The van der Waals surface area contributed by atoms with Crippen molar-refractivity contribution in [3.63, 3.8) is 0 Å². The Balaban J connectivity index is 1.25. The third-order valence-corrected chi connectivity index (χ3v) is 7.31. The molecule has 0 aliphatic carbocycles. The Morgan fingerprint density at radius 1 is 1.00 bits per heavy atom. The summed E-state index contributed by atoms with van der Waals surface area (Å²) >= 11 is 1.69. The van der Waals surface area contributed by atoms with E-state index < -0.39 is 0 Å². The van der Waals surface area contributed by atoms with E-state index >= 15 is 0 Å². The van der Waals surface area contributed by atoms with E-state index in [4.69, 9.17) is 4.74 Å². The van der Waals surface area contributed by atoms with E-state index in [0.29, 0.717) is 6.54 Å². The molecule has 5 nitrogen and oxygen atoms in total. The SMILES string of the molecule is COc1ccc(Cn2c(C(=O)N3CCN(C/C=C/c4ccccc4)CC3)cc3ccsc32)cc1. The average molecular weight is 472 g/mol. The Morgan fingerprint density at radius 3 is 2.50 bits per heavy atom. The summed E-state index contributed by atoms with van der Waals surface area (Å²) in [6, 6.07) is 22.6. The maximum absolute atomic E-state index is 13.5. The first-order chi connectivity index (χ1) is 16.7. The van der Waals surface area contributed by atoms with Crippen molar-refractivity contribution in [2.75, 3.05) is 39.8 Å². The number of carbonyl (C=O) groups is 1. The topological polar surface area (TPSA) is 37.7 Å². The van der Waals surface area contributed by atoms with Gasteiger partial charge in [-0.15, -0.1) is 11.3 Å². The summed E-state index contributed by atoms with van der Waals surface area (Å²) in [7, 11) is 1.67. The number of methoxy groups -OCH3 is 1. The van der Waals surface area contributed by atoms with Gasteiger partial charge in [-0.3, -0.25) is 9.69 Å². The van der Waals surface area contributed by atoms with Crippen molar-refractivity contribution >= 4 is 33.5 Å². The quantitative estimate of drug-likeness (QED) is 0.370. The first-order valence-electron chi connectivity index (χ1n) is 11.6. The van der Waals surface area contributed by atoms with Gasteiger partial charge in [0.1, 0.15) is 16.3 Å². The van der Waals surface area contributed by atoms with Crippen LogP contribution in [0.2, 0.25) is 0 Å². The van der Waals surface area contributed by atoms with Crippen LogP contribution in [-0.4, -0.2) is 60.1 Å². The first-order valence-corrected chi connectivity index (χ1v) is 12.5. The molecular formula is C28H29N3O2S. The van der Waals surface area contributed by atoms with Gasteiger partial charge >= 0.3 is 0 Å². The summed E-state index contributed by atoms with van der Waals surface area (Å²) in [5.74, 6) is 0.960. The van der Waals surface area contributed by atoms with Gasteiger partial charge < -0.3 is 14.2 Å². The molecule has 4 aromatic rings. The number of ether oxygens (including phenoxy) is 1. The Morgan fingerprint density at radius 2 is 1.76 bits per heavy atom. The second-order valence-electron chi connectivity index (χ2n) is 8.55. The highest BCUT2D eigenvalue weighted by Crippen LogP contribution is 2.28. The highest BCUT2D eigenvalue weighted by molar-refractivity contribution is 7.16. The molecule has 0 bridgehead atoms. The van der Waals surface area contributed by atoms with Crippen LogP contribution >= 0.6 is 11.3 Å². The molecule has 0 unspecified atom stereocenters. The number of aromatic nitrogens is 1. The van der Waals surface area contributed by atoms with Gasteiger partial charge in [0.15, 0.2) is 0 Å². The van der Waals surface area contributed by atoms with Gasteiger partial charge in [-0.05, 0) is 40.8 Å². The summed E-state index contributed by atoms with van der Waals surface area (Å²) < 4.78 is 7.45. The summed E-state index contributed by atoms with van der Waals surface area (Å²) in [4.78, 5) is 19.1. The van der Waals surface area contributed by atoms with Gasteiger partial charge in [0.25, 0.3) is 5.91 Å². The maximum atomic E-state index is 13.5. The molecule has 34 heavy (non-hydrogen) atoms. The average Bonchev–Trinajstić information content (AvgIpc) is 3.48. The van der Waals surface area contributed by atoms with E-state index in [0.717, 1.165) is 59.9 Å². The molecule has 0 spiro atoms. The number of thiophene rings is 1. The van der Waals surface area contributed by atoms with Crippen molar-refractivity contribution < 1.29 is 9.53 Å². The Kier molecular flexibility index (Phi) is 6.79. The molecular weight excluding hydrogens is 442 g/mol. The lowest BCUT2D eigenvalue weighted by Crippen LogP contribution is -2.49. The number of hydrogen-bond acceptors (Lipinski definition) is 4. The molecule has 6 heteroatoms. The molecule has 0 radical (unpaired) electrons. The lowest BCUT2D eigenvalue weighted by atomic mass is 10.2. The van der Waals surface area contributed by atoms with Crippen LogP contribution in [0, 0.1) is 0 Å². The zero-order valence-electron chi connectivity index (χ0n) is 19.4. The molecule has 5 rings (SSSR count). The number of carbonyl (C=O) groups excluding carboxylic acids is 1. The first kappa shape index (κ1) is 22.4. The van der Waals surface area contributed by atoms with E-state index in [-0.39, 0.29) is 5.91 Å². The number of amides is 1. The minimum Gasteiger partial charge on any atom is -0.497 e. The molecule has 1 aliphatic heterocycles. The second kappa shape index (κ2) is 10.3. The van der Waals surface area contributed by atoms with E-state index in [1.165, 1.54) is 5.56 Å². The van der Waals surface area contributed by atoms with Gasteiger partial charge in [-0.25, -0.2) is 0 Å². The van der Waals surface area contributed by atoms with Crippen LogP contribution < -0.4 is 4.74 Å². The van der Waals surface area contributed by atoms with Crippen LogP contribution in [0.1, 0.15) is 21.6 Å². The van der Waals surface area contributed by atoms with Gasteiger partial charge in [0.05, 0.1) is 7.11 Å². The molecule has 3 heterocycles. The van der Waals surface area contributed by atoms with Gasteiger partial charge in [0, 0.05) is 44.7 Å².